The highest BCUT2D eigenvalue weighted by molar-refractivity contribution is 6.06. The van der Waals surface area contributed by atoms with Crippen LogP contribution >= 0.6 is 0 Å². The van der Waals surface area contributed by atoms with E-state index < -0.39 is 11.9 Å². The normalized spacial score (nSPS) is 11.8. The standard InChI is InChI=1S/C26H40N6O8/c1-29-24(36)7-6-22(19-35)31(2)26(37)25-20(17-33)4-3-5-23(25)30-8-10-38-12-14-40-15-13-39-11-9-32(28)16-21(27)18-34/h3-5,16-19,22,30H,6-15,27-28H2,1-2H3,(H,29,36)/b21-16-. The highest BCUT2D eigenvalue weighted by Gasteiger charge is 2.25. The summed E-state index contributed by atoms with van der Waals surface area (Å²) in [5.74, 6) is 4.87. The molecular weight excluding hydrogens is 524 g/mol. The van der Waals surface area contributed by atoms with Crippen LogP contribution in [-0.2, 0) is 28.6 Å². The van der Waals surface area contributed by atoms with Crippen molar-refractivity contribution < 1.29 is 38.2 Å². The number of amides is 2. The lowest BCUT2D eigenvalue weighted by Gasteiger charge is -2.25. The SMILES string of the molecule is CNC(=O)CCC(C=O)N(C)C(=O)c1c(C=O)cccc1NCCOCCOCCOCCN(N)/C=C(\N)C=O. The van der Waals surface area contributed by atoms with Crippen LogP contribution in [0.25, 0.3) is 0 Å². The third-order valence-electron chi connectivity index (χ3n) is 5.61. The van der Waals surface area contributed by atoms with Crippen molar-refractivity contribution in [1.29, 1.82) is 0 Å². The zero-order valence-corrected chi connectivity index (χ0v) is 23.0. The van der Waals surface area contributed by atoms with Crippen LogP contribution in [0.4, 0.5) is 5.69 Å². The third-order valence-corrected chi connectivity index (χ3v) is 5.61. The molecule has 1 aromatic carbocycles. The van der Waals surface area contributed by atoms with Crippen molar-refractivity contribution in [3.8, 4) is 0 Å². The highest BCUT2D eigenvalue weighted by atomic mass is 16.5. The van der Waals surface area contributed by atoms with Gasteiger partial charge in [-0.1, -0.05) is 12.1 Å². The first-order valence-corrected chi connectivity index (χ1v) is 12.7. The van der Waals surface area contributed by atoms with E-state index in [0.29, 0.717) is 77.3 Å². The van der Waals surface area contributed by atoms with Crippen molar-refractivity contribution in [3.05, 3.63) is 41.2 Å². The topological polar surface area (TPSA) is 196 Å². The minimum Gasteiger partial charge on any atom is -0.395 e. The lowest BCUT2D eigenvalue weighted by molar-refractivity contribution is -0.121. The van der Waals surface area contributed by atoms with Crippen LogP contribution in [0.3, 0.4) is 0 Å². The molecule has 0 saturated heterocycles. The molecule has 1 atom stereocenters. The molecule has 6 N–H and O–H groups in total. The number of anilines is 1. The van der Waals surface area contributed by atoms with Gasteiger partial charge in [0, 0.05) is 44.5 Å². The van der Waals surface area contributed by atoms with Crippen molar-refractivity contribution in [3.63, 3.8) is 0 Å². The zero-order chi connectivity index (χ0) is 29.8. The second kappa shape index (κ2) is 20.1. The zero-order valence-electron chi connectivity index (χ0n) is 23.0. The molecule has 0 radical (unpaired) electrons. The number of likely N-dealkylation sites (N-methyl/N-ethyl adjacent to an activating group) is 1. The molecule has 0 fully saturated rings. The summed E-state index contributed by atoms with van der Waals surface area (Å²) in [7, 11) is 2.95. The highest BCUT2D eigenvalue weighted by Crippen LogP contribution is 2.22. The maximum atomic E-state index is 13.2. The Hall–Kier alpha value is -3.85. The number of aldehydes is 3. The first-order chi connectivity index (χ1) is 19.3. The van der Waals surface area contributed by atoms with Crippen molar-refractivity contribution in [1.82, 2.24) is 15.2 Å². The number of benzene rings is 1. The molecule has 0 aromatic heterocycles. The van der Waals surface area contributed by atoms with Gasteiger partial charge in [-0.3, -0.25) is 19.2 Å². The number of ether oxygens (including phenoxy) is 3. The number of hydrogen-bond donors (Lipinski definition) is 4. The van der Waals surface area contributed by atoms with Crippen LogP contribution in [0.1, 0.15) is 33.6 Å². The average Bonchev–Trinajstić information content (AvgIpc) is 2.96. The fourth-order valence-corrected chi connectivity index (χ4v) is 3.39. The van der Waals surface area contributed by atoms with Gasteiger partial charge in [0.15, 0.2) is 12.6 Å². The fraction of sp³-hybridized carbons (Fsp3) is 0.500. The molecule has 0 bridgehead atoms. The van der Waals surface area contributed by atoms with E-state index in [0.717, 1.165) is 0 Å². The Morgan fingerprint density at radius 2 is 1.68 bits per heavy atom. The van der Waals surface area contributed by atoms with E-state index in [1.165, 1.54) is 36.3 Å². The quantitative estimate of drug-likeness (QED) is 0.0455. The number of nitrogens with one attached hydrogen (secondary N) is 2. The van der Waals surface area contributed by atoms with Gasteiger partial charge in [0.1, 0.15) is 6.29 Å². The van der Waals surface area contributed by atoms with Gasteiger partial charge in [0.2, 0.25) is 5.91 Å². The Labute approximate surface area is 233 Å². The number of nitrogens with zero attached hydrogens (tertiary/aromatic N) is 2. The first kappa shape index (κ1) is 34.2. The van der Waals surface area contributed by atoms with E-state index in [9.17, 15) is 24.0 Å². The lowest BCUT2D eigenvalue weighted by Crippen LogP contribution is -2.39. The van der Waals surface area contributed by atoms with Gasteiger partial charge in [-0.2, -0.15) is 0 Å². The second-order valence-corrected chi connectivity index (χ2v) is 8.47. The van der Waals surface area contributed by atoms with Crippen molar-refractivity contribution >= 4 is 36.4 Å². The molecule has 0 heterocycles. The average molecular weight is 565 g/mol. The van der Waals surface area contributed by atoms with E-state index in [1.807, 2.05) is 0 Å². The molecule has 0 spiro atoms. The number of carbonyl (C=O) groups is 5. The Morgan fingerprint density at radius 3 is 2.27 bits per heavy atom. The van der Waals surface area contributed by atoms with Crippen molar-refractivity contribution in [2.45, 2.75) is 18.9 Å². The summed E-state index contributed by atoms with van der Waals surface area (Å²) in [5.41, 5.74) is 6.12. The van der Waals surface area contributed by atoms with Gasteiger partial charge >= 0.3 is 0 Å². The molecule has 0 aliphatic heterocycles. The maximum Gasteiger partial charge on any atom is 0.257 e. The smallest absolute Gasteiger partial charge is 0.257 e. The molecule has 0 aliphatic carbocycles. The Bertz CT molecular complexity index is 990. The summed E-state index contributed by atoms with van der Waals surface area (Å²) < 4.78 is 16.4. The number of rotatable bonds is 22. The number of carbonyl (C=O) groups excluding carboxylic acids is 5. The molecule has 2 amide bonds. The van der Waals surface area contributed by atoms with E-state index >= 15 is 0 Å². The minimum atomic E-state index is -0.827. The fourth-order valence-electron chi connectivity index (χ4n) is 3.39. The Kier molecular flexibility index (Phi) is 17.2. The molecule has 14 heteroatoms. The molecule has 0 aliphatic rings. The monoisotopic (exact) mass is 564 g/mol. The maximum absolute atomic E-state index is 13.2. The third kappa shape index (κ3) is 12.8. The van der Waals surface area contributed by atoms with E-state index in [2.05, 4.69) is 10.6 Å². The van der Waals surface area contributed by atoms with Crippen LogP contribution in [0.2, 0.25) is 0 Å². The molecule has 0 saturated carbocycles. The molecular formula is C26H40N6O8. The Balaban J connectivity index is 2.42. The predicted molar refractivity (Wildman–Crippen MR) is 147 cm³/mol. The summed E-state index contributed by atoms with van der Waals surface area (Å²) in [6, 6.07) is 4.00. The summed E-state index contributed by atoms with van der Waals surface area (Å²) in [6.07, 6.45) is 3.24. The number of hydrazine groups is 1. The van der Waals surface area contributed by atoms with E-state index in [-0.39, 0.29) is 35.6 Å². The van der Waals surface area contributed by atoms with Crippen LogP contribution in [0.15, 0.2) is 30.1 Å². The summed E-state index contributed by atoms with van der Waals surface area (Å²) >= 11 is 0. The molecule has 1 aromatic rings. The predicted octanol–water partition coefficient (Wildman–Crippen LogP) is -0.699. The molecule has 1 unspecified atom stereocenters. The molecule has 14 nitrogen and oxygen atoms in total. The van der Waals surface area contributed by atoms with Crippen molar-refractivity contribution in [2.75, 3.05) is 72.1 Å². The van der Waals surface area contributed by atoms with Gasteiger partial charge in [-0.15, -0.1) is 0 Å². The summed E-state index contributed by atoms with van der Waals surface area (Å²) in [4.78, 5) is 59.7. The number of hydrogen-bond acceptors (Lipinski definition) is 12. The second-order valence-electron chi connectivity index (χ2n) is 8.47. The summed E-state index contributed by atoms with van der Waals surface area (Å²) in [6.45, 7) is 2.76. The van der Waals surface area contributed by atoms with Gasteiger partial charge < -0.3 is 45.3 Å². The van der Waals surface area contributed by atoms with Crippen LogP contribution < -0.4 is 22.2 Å². The van der Waals surface area contributed by atoms with E-state index in [4.69, 9.17) is 25.8 Å². The van der Waals surface area contributed by atoms with Gasteiger partial charge in [0.05, 0.1) is 63.5 Å². The van der Waals surface area contributed by atoms with Gasteiger partial charge in [-0.25, -0.2) is 5.84 Å². The van der Waals surface area contributed by atoms with E-state index in [1.54, 1.807) is 12.1 Å². The number of allylic oxidation sites excluding steroid dienone is 1. The summed E-state index contributed by atoms with van der Waals surface area (Å²) in [5, 5.41) is 6.84. The lowest BCUT2D eigenvalue weighted by atomic mass is 10.0. The van der Waals surface area contributed by atoms with Gasteiger partial charge in [0.25, 0.3) is 5.91 Å². The van der Waals surface area contributed by atoms with Gasteiger partial charge in [-0.05, 0) is 12.5 Å². The number of nitrogens with two attached hydrogens (primary N) is 2. The van der Waals surface area contributed by atoms with Crippen molar-refractivity contribution in [2.24, 2.45) is 11.6 Å². The van der Waals surface area contributed by atoms with Crippen LogP contribution in [0.5, 0.6) is 0 Å². The molecule has 40 heavy (non-hydrogen) atoms. The Morgan fingerprint density at radius 1 is 1.02 bits per heavy atom. The molecule has 1 rings (SSSR count). The largest absolute Gasteiger partial charge is 0.395 e. The molecule has 222 valence electrons. The van der Waals surface area contributed by atoms with Crippen LogP contribution in [-0.4, -0.2) is 113 Å². The first-order valence-electron chi connectivity index (χ1n) is 12.7. The minimum absolute atomic E-state index is 0.0238. The van der Waals surface area contributed by atoms with Crippen LogP contribution in [0, 0.1) is 0 Å².